The molecule has 62 valence electrons. The number of carbonyl (C=O) groups is 1. The second kappa shape index (κ2) is 4.28. The summed E-state index contributed by atoms with van der Waals surface area (Å²) in [5, 5.41) is 0. The third-order valence-electron chi connectivity index (χ3n) is 1.43. The molecule has 3 nitrogen and oxygen atoms in total. The van der Waals surface area contributed by atoms with Gasteiger partial charge in [0, 0.05) is 12.7 Å². The molecule has 1 aromatic heterocycles. The van der Waals surface area contributed by atoms with Crippen molar-refractivity contribution in [3.05, 3.63) is 37.2 Å². The summed E-state index contributed by atoms with van der Waals surface area (Å²) in [6, 6.07) is 3.61. The Morgan fingerprint density at radius 2 is 2.50 bits per heavy atom. The van der Waals surface area contributed by atoms with Crippen molar-refractivity contribution in [2.24, 2.45) is 0 Å². The van der Waals surface area contributed by atoms with E-state index in [1.807, 2.05) is 6.07 Å². The molecule has 0 unspecified atom stereocenters. The molecule has 1 amide bonds. The zero-order valence-corrected chi connectivity index (χ0v) is 6.68. The molecule has 12 heavy (non-hydrogen) atoms. The lowest BCUT2D eigenvalue weighted by atomic mass is 10.4. The van der Waals surface area contributed by atoms with Gasteiger partial charge in [0.1, 0.15) is 0 Å². The van der Waals surface area contributed by atoms with Crippen LogP contribution < -0.4 is 4.90 Å². The highest BCUT2D eigenvalue weighted by molar-refractivity contribution is 5.74. The maximum absolute atomic E-state index is 10.5. The van der Waals surface area contributed by atoms with Crippen LogP contribution in [0.15, 0.2) is 37.2 Å². The van der Waals surface area contributed by atoms with Gasteiger partial charge < -0.3 is 4.90 Å². The number of hydrogen-bond acceptors (Lipinski definition) is 2. The SMILES string of the molecule is C=CCN(C=O)c1cccnc1. The summed E-state index contributed by atoms with van der Waals surface area (Å²) in [5.74, 6) is 0. The molecule has 1 rings (SSSR count). The Kier molecular flexibility index (Phi) is 3.02. The minimum absolute atomic E-state index is 0.509. The molecule has 0 aromatic carbocycles. The molecule has 0 aliphatic carbocycles. The number of anilines is 1. The van der Waals surface area contributed by atoms with E-state index in [-0.39, 0.29) is 0 Å². The van der Waals surface area contributed by atoms with Crippen LogP contribution in [0.5, 0.6) is 0 Å². The average Bonchev–Trinajstić information content (AvgIpc) is 2.15. The van der Waals surface area contributed by atoms with Crippen LogP contribution in [-0.4, -0.2) is 17.9 Å². The van der Waals surface area contributed by atoms with Crippen LogP contribution in [0.3, 0.4) is 0 Å². The van der Waals surface area contributed by atoms with E-state index in [1.165, 1.54) is 4.90 Å². The Morgan fingerprint density at radius 3 is 3.00 bits per heavy atom. The summed E-state index contributed by atoms with van der Waals surface area (Å²) in [6.07, 6.45) is 5.73. The molecule has 0 saturated heterocycles. The van der Waals surface area contributed by atoms with Crippen molar-refractivity contribution >= 4 is 12.1 Å². The van der Waals surface area contributed by atoms with Crippen LogP contribution in [0.1, 0.15) is 0 Å². The van der Waals surface area contributed by atoms with Crippen LogP contribution in [0.2, 0.25) is 0 Å². The first kappa shape index (κ1) is 8.46. The van der Waals surface area contributed by atoms with Crippen molar-refractivity contribution in [2.75, 3.05) is 11.4 Å². The fourth-order valence-corrected chi connectivity index (χ4v) is 0.872. The monoisotopic (exact) mass is 162 g/mol. The second-order valence-electron chi connectivity index (χ2n) is 2.26. The van der Waals surface area contributed by atoms with Crippen molar-refractivity contribution < 1.29 is 4.79 Å². The Bertz CT molecular complexity index is 258. The standard InChI is InChI=1S/C9H10N2O/c1-2-6-11(8-12)9-4-3-5-10-7-9/h2-5,7-8H,1,6H2. The Balaban J connectivity index is 2.79. The van der Waals surface area contributed by atoms with Gasteiger partial charge in [0.05, 0.1) is 11.9 Å². The van der Waals surface area contributed by atoms with Gasteiger partial charge >= 0.3 is 0 Å². The molecule has 0 aliphatic rings. The Labute approximate surface area is 71.3 Å². The van der Waals surface area contributed by atoms with Crippen molar-refractivity contribution in [3.63, 3.8) is 0 Å². The zero-order valence-electron chi connectivity index (χ0n) is 6.68. The summed E-state index contributed by atoms with van der Waals surface area (Å²) < 4.78 is 0. The summed E-state index contributed by atoms with van der Waals surface area (Å²) in [4.78, 5) is 16.0. The number of aromatic nitrogens is 1. The largest absolute Gasteiger partial charge is 0.310 e. The highest BCUT2D eigenvalue weighted by atomic mass is 16.1. The maximum atomic E-state index is 10.5. The van der Waals surface area contributed by atoms with E-state index < -0.39 is 0 Å². The molecular formula is C9H10N2O. The van der Waals surface area contributed by atoms with Gasteiger partial charge in [-0.05, 0) is 12.1 Å². The lowest BCUT2D eigenvalue weighted by Crippen LogP contribution is -2.20. The molecular weight excluding hydrogens is 152 g/mol. The third-order valence-corrected chi connectivity index (χ3v) is 1.43. The number of carbonyl (C=O) groups excluding carboxylic acids is 1. The quantitative estimate of drug-likeness (QED) is 0.492. The second-order valence-corrected chi connectivity index (χ2v) is 2.26. The van der Waals surface area contributed by atoms with Crippen molar-refractivity contribution in [2.45, 2.75) is 0 Å². The topological polar surface area (TPSA) is 33.2 Å². The van der Waals surface area contributed by atoms with Gasteiger partial charge in [-0.25, -0.2) is 0 Å². The van der Waals surface area contributed by atoms with Gasteiger partial charge in [-0.15, -0.1) is 6.58 Å². The fraction of sp³-hybridized carbons (Fsp3) is 0.111. The first-order valence-electron chi connectivity index (χ1n) is 3.61. The minimum atomic E-state index is 0.509. The van der Waals surface area contributed by atoms with E-state index in [0.717, 1.165) is 12.1 Å². The van der Waals surface area contributed by atoms with Gasteiger partial charge in [0.15, 0.2) is 0 Å². The minimum Gasteiger partial charge on any atom is -0.310 e. The maximum Gasteiger partial charge on any atom is 0.214 e. The molecule has 0 spiro atoms. The highest BCUT2D eigenvalue weighted by Gasteiger charge is 2.00. The summed E-state index contributed by atoms with van der Waals surface area (Å²) >= 11 is 0. The van der Waals surface area contributed by atoms with Crippen LogP contribution in [0, 0.1) is 0 Å². The summed E-state index contributed by atoms with van der Waals surface area (Å²) in [5.41, 5.74) is 0.785. The van der Waals surface area contributed by atoms with Gasteiger partial charge in [0.25, 0.3) is 0 Å². The molecule has 1 heterocycles. The summed E-state index contributed by atoms with van der Waals surface area (Å²) in [7, 11) is 0. The van der Waals surface area contributed by atoms with Crippen molar-refractivity contribution in [1.82, 2.24) is 4.98 Å². The average molecular weight is 162 g/mol. The lowest BCUT2D eigenvalue weighted by molar-refractivity contribution is -0.107. The predicted molar refractivity (Wildman–Crippen MR) is 47.8 cm³/mol. The number of hydrogen-bond donors (Lipinski definition) is 0. The third kappa shape index (κ3) is 1.92. The predicted octanol–water partition coefficient (Wildman–Crippen LogP) is 1.23. The molecule has 0 saturated carbocycles. The molecule has 0 radical (unpaired) electrons. The normalized spacial score (nSPS) is 9.00. The van der Waals surface area contributed by atoms with Crippen LogP contribution in [0.25, 0.3) is 0 Å². The number of nitrogens with zero attached hydrogens (tertiary/aromatic N) is 2. The van der Waals surface area contributed by atoms with E-state index in [1.54, 1.807) is 24.5 Å². The van der Waals surface area contributed by atoms with Gasteiger partial charge in [-0.3, -0.25) is 9.78 Å². The number of rotatable bonds is 4. The number of pyridine rings is 1. The van der Waals surface area contributed by atoms with Crippen molar-refractivity contribution in [1.29, 1.82) is 0 Å². The van der Waals surface area contributed by atoms with Crippen LogP contribution in [0.4, 0.5) is 5.69 Å². The molecule has 3 heteroatoms. The van der Waals surface area contributed by atoms with E-state index in [2.05, 4.69) is 11.6 Å². The molecule has 0 N–H and O–H groups in total. The molecule has 0 fully saturated rings. The van der Waals surface area contributed by atoms with Gasteiger partial charge in [0.2, 0.25) is 6.41 Å². The first-order chi connectivity index (χ1) is 5.88. The van der Waals surface area contributed by atoms with E-state index >= 15 is 0 Å². The van der Waals surface area contributed by atoms with Crippen molar-refractivity contribution in [3.8, 4) is 0 Å². The van der Waals surface area contributed by atoms with Crippen LogP contribution in [-0.2, 0) is 4.79 Å². The lowest BCUT2D eigenvalue weighted by Gasteiger charge is -2.13. The molecule has 0 aliphatic heterocycles. The first-order valence-corrected chi connectivity index (χ1v) is 3.61. The van der Waals surface area contributed by atoms with E-state index in [4.69, 9.17) is 0 Å². The summed E-state index contributed by atoms with van der Waals surface area (Å²) in [6.45, 7) is 4.06. The Hall–Kier alpha value is -1.64. The van der Waals surface area contributed by atoms with Crippen LogP contribution >= 0.6 is 0 Å². The molecule has 1 aromatic rings. The number of amides is 1. The highest BCUT2D eigenvalue weighted by Crippen LogP contribution is 2.08. The van der Waals surface area contributed by atoms with Gasteiger partial charge in [-0.2, -0.15) is 0 Å². The zero-order chi connectivity index (χ0) is 8.81. The Morgan fingerprint density at radius 1 is 1.67 bits per heavy atom. The fourth-order valence-electron chi connectivity index (χ4n) is 0.872. The van der Waals surface area contributed by atoms with Gasteiger partial charge in [-0.1, -0.05) is 6.08 Å². The van der Waals surface area contributed by atoms with E-state index in [9.17, 15) is 4.79 Å². The smallest absolute Gasteiger partial charge is 0.214 e. The molecule has 0 bridgehead atoms. The molecule has 0 atom stereocenters. The van der Waals surface area contributed by atoms with E-state index in [0.29, 0.717) is 6.54 Å².